The van der Waals surface area contributed by atoms with Gasteiger partial charge in [-0.2, -0.15) is 0 Å². The predicted octanol–water partition coefficient (Wildman–Crippen LogP) is 19.1. The molecular formula is C92H72N8O12. The molecule has 16 aromatic rings. The molecule has 552 valence electrons. The van der Waals surface area contributed by atoms with E-state index < -0.39 is 0 Å². The van der Waals surface area contributed by atoms with E-state index in [2.05, 4.69) is 114 Å². The smallest absolute Gasteiger partial charge is 0.248 e. The average molecular weight is 1480 g/mol. The van der Waals surface area contributed by atoms with Gasteiger partial charge < -0.3 is 55.6 Å². The van der Waals surface area contributed by atoms with Crippen molar-refractivity contribution in [2.75, 3.05) is 52.9 Å². The third-order valence-electron chi connectivity index (χ3n) is 18.8. The molecule has 112 heavy (non-hydrogen) atoms. The second kappa shape index (κ2) is 33.8. The van der Waals surface area contributed by atoms with Crippen LogP contribution in [0.1, 0.15) is 44.5 Å². The predicted molar refractivity (Wildman–Crippen MR) is 422 cm³/mol. The number of ether oxygens (including phenoxy) is 8. The molecule has 0 atom stereocenters. The maximum Gasteiger partial charge on any atom is 0.248 e. The summed E-state index contributed by atoms with van der Waals surface area (Å²) < 4.78 is 77.9. The molecule has 0 N–H and O–H groups in total. The van der Waals surface area contributed by atoms with E-state index in [0.29, 0.717) is 95.8 Å². The molecule has 0 radical (unpaired) electrons. The van der Waals surface area contributed by atoms with Gasteiger partial charge in [0.25, 0.3) is 0 Å². The second-order valence-electron chi connectivity index (χ2n) is 26.3. The number of hydrogen-bond acceptors (Lipinski definition) is 20. The van der Waals surface area contributed by atoms with Gasteiger partial charge in [0, 0.05) is 70.2 Å². The monoisotopic (exact) mass is 1480 g/mol. The minimum absolute atomic E-state index is 0.221. The van der Waals surface area contributed by atoms with Crippen molar-refractivity contribution < 1.29 is 55.6 Å². The normalized spacial score (nSPS) is 11.7. The van der Waals surface area contributed by atoms with Crippen LogP contribution in [0.15, 0.2) is 309 Å². The molecule has 0 saturated carbocycles. The number of rotatable bonds is 28. The first-order valence-electron chi connectivity index (χ1n) is 36.9. The van der Waals surface area contributed by atoms with Crippen LogP contribution < -0.4 is 37.9 Å². The van der Waals surface area contributed by atoms with E-state index in [1.54, 1.807) is 0 Å². The SMILES string of the molecule is c1ccc(-c2nnc(-c3ccc(OCCOc4c5cccc4Cc4cccc(c4OCCOc4ccc(-c6nnc(-c7ccccc7)o6)cc4)Cc4cccc(c4OCCOc4ccc(-c6nnc(-c7ccccc7)o6)cc4)Cc4cccc(c4OCCOc4ccc(-c6nnc(-c7ccccc7)o6)cc4)C5)cc3)o2)cc1. The zero-order valence-electron chi connectivity index (χ0n) is 60.7. The Hall–Kier alpha value is -14.4. The maximum absolute atomic E-state index is 7.03. The van der Waals surface area contributed by atoms with E-state index in [-0.39, 0.29) is 52.9 Å². The summed E-state index contributed by atoms with van der Waals surface area (Å²) in [5.41, 5.74) is 14.0. The Morgan fingerprint density at radius 1 is 0.170 bits per heavy atom. The average Bonchev–Trinajstić information content (AvgIpc) is 1.28. The molecule has 0 saturated heterocycles. The van der Waals surface area contributed by atoms with Gasteiger partial charge >= 0.3 is 0 Å². The number of para-hydroxylation sites is 4. The fraction of sp³-hybridized carbons (Fsp3) is 0.130. The van der Waals surface area contributed by atoms with Crippen LogP contribution in [0, 0.1) is 0 Å². The second-order valence-corrected chi connectivity index (χ2v) is 26.3. The zero-order valence-corrected chi connectivity index (χ0v) is 60.7. The molecule has 20 heteroatoms. The highest BCUT2D eigenvalue weighted by atomic mass is 16.5. The summed E-state index contributed by atoms with van der Waals surface area (Å²) in [4.78, 5) is 0. The van der Waals surface area contributed by atoms with Gasteiger partial charge in [-0.05, 0) is 190 Å². The quantitative estimate of drug-likeness (QED) is 0.0415. The van der Waals surface area contributed by atoms with Gasteiger partial charge in [0.2, 0.25) is 47.1 Å². The fourth-order valence-electron chi connectivity index (χ4n) is 13.4. The molecule has 0 fully saturated rings. The molecule has 20 nitrogen and oxygen atoms in total. The van der Waals surface area contributed by atoms with E-state index >= 15 is 0 Å². The molecule has 17 rings (SSSR count). The standard InChI is InChI=1S/C92H72N8O12/c1-5-17-61(18-6-1)85-93-97-89(109-85)65-33-41-77(42-34-65)101-49-53-105-81-69-25-13-26-70(81)58-72-28-15-30-74(83(72)107-55-51-103-79-45-37-67(38-46-79)91-99-95-87(111-91)63-21-9-3-10-22-63)60-76-32-16-31-75(84(76)108-56-52-104-80-47-39-68(40-48-80)92-100-96-88(112-92)64-23-11-4-12-24-64)59-73-29-14-27-71(57-69)82(73)106-54-50-102-78-43-35-66(36-44-78)90-98-94-86(110-90)62-19-7-2-8-20-62/h1-48H,49-60H2. The van der Waals surface area contributed by atoms with Crippen LogP contribution >= 0.6 is 0 Å². The molecule has 0 amide bonds. The molecule has 1 aliphatic rings. The first kappa shape index (κ1) is 70.6. The van der Waals surface area contributed by atoms with Crippen molar-refractivity contribution in [3.8, 4) is 138 Å². The molecule has 4 aromatic heterocycles. The molecule has 12 aromatic carbocycles. The Balaban J connectivity index is 0.657. The van der Waals surface area contributed by atoms with Crippen molar-refractivity contribution in [3.05, 3.63) is 336 Å². The Morgan fingerprint density at radius 2 is 0.330 bits per heavy atom. The first-order chi connectivity index (χ1) is 55.5. The van der Waals surface area contributed by atoms with Crippen LogP contribution in [0.25, 0.3) is 91.6 Å². The number of nitrogens with zero attached hydrogens (tertiary/aromatic N) is 8. The van der Waals surface area contributed by atoms with E-state index in [4.69, 9.17) is 55.6 Å². The molecule has 0 spiro atoms. The minimum atomic E-state index is 0.221. The van der Waals surface area contributed by atoms with Crippen LogP contribution in [0.4, 0.5) is 0 Å². The molecule has 0 aliphatic heterocycles. The van der Waals surface area contributed by atoms with Gasteiger partial charge in [-0.3, -0.25) is 0 Å². The van der Waals surface area contributed by atoms with Gasteiger partial charge in [0.15, 0.2) is 0 Å². The van der Waals surface area contributed by atoms with Crippen LogP contribution in [0.5, 0.6) is 46.0 Å². The van der Waals surface area contributed by atoms with Crippen molar-refractivity contribution in [2.24, 2.45) is 0 Å². The highest BCUT2D eigenvalue weighted by Gasteiger charge is 2.24. The van der Waals surface area contributed by atoms with Crippen LogP contribution in [-0.4, -0.2) is 93.6 Å². The highest BCUT2D eigenvalue weighted by Crippen LogP contribution is 2.41. The van der Waals surface area contributed by atoms with Crippen molar-refractivity contribution in [1.29, 1.82) is 0 Å². The third-order valence-corrected chi connectivity index (χ3v) is 18.8. The summed E-state index contributed by atoms with van der Waals surface area (Å²) in [6.07, 6.45) is 1.77. The minimum Gasteiger partial charge on any atom is -0.490 e. The van der Waals surface area contributed by atoms with Crippen molar-refractivity contribution in [1.82, 2.24) is 40.8 Å². The lowest BCUT2D eigenvalue weighted by molar-refractivity contribution is 0.212. The van der Waals surface area contributed by atoms with E-state index in [0.717, 1.165) is 112 Å². The lowest BCUT2D eigenvalue weighted by atomic mass is 9.91. The van der Waals surface area contributed by atoms with E-state index in [1.165, 1.54) is 0 Å². The molecule has 4 heterocycles. The van der Waals surface area contributed by atoms with Crippen LogP contribution in [-0.2, 0) is 25.7 Å². The van der Waals surface area contributed by atoms with Crippen LogP contribution in [0.2, 0.25) is 0 Å². The molecule has 0 unspecified atom stereocenters. The van der Waals surface area contributed by atoms with Gasteiger partial charge in [0.1, 0.15) is 98.9 Å². The largest absolute Gasteiger partial charge is 0.490 e. The summed E-state index contributed by atoms with van der Waals surface area (Å²) in [5, 5.41) is 34.5. The highest BCUT2D eigenvalue weighted by molar-refractivity contribution is 5.64. The third kappa shape index (κ3) is 16.8. The molecular weight excluding hydrogens is 1410 g/mol. The van der Waals surface area contributed by atoms with E-state index in [1.807, 2.05) is 218 Å². The summed E-state index contributed by atoms with van der Waals surface area (Å²) in [6, 6.07) is 94.4. The van der Waals surface area contributed by atoms with Crippen molar-refractivity contribution >= 4 is 0 Å². The Bertz CT molecular complexity index is 4990. The summed E-state index contributed by atoms with van der Waals surface area (Å²) in [7, 11) is 0. The molecule has 8 bridgehead atoms. The number of fused-ring (bicyclic) bond motifs is 8. The Kier molecular flexibility index (Phi) is 21.3. The topological polar surface area (TPSA) is 230 Å². The van der Waals surface area contributed by atoms with Crippen molar-refractivity contribution in [2.45, 2.75) is 25.7 Å². The summed E-state index contributed by atoms with van der Waals surface area (Å²) in [5.74, 6) is 8.92. The Morgan fingerprint density at radius 3 is 0.509 bits per heavy atom. The zero-order chi connectivity index (χ0) is 75.0. The van der Waals surface area contributed by atoms with Gasteiger partial charge in [0.05, 0.1) is 0 Å². The van der Waals surface area contributed by atoms with Gasteiger partial charge in [-0.25, -0.2) is 0 Å². The van der Waals surface area contributed by atoms with Crippen LogP contribution in [0.3, 0.4) is 0 Å². The van der Waals surface area contributed by atoms with E-state index in [9.17, 15) is 0 Å². The summed E-state index contributed by atoms with van der Waals surface area (Å²) >= 11 is 0. The lowest BCUT2D eigenvalue weighted by Gasteiger charge is -2.23. The number of benzene rings is 12. The first-order valence-corrected chi connectivity index (χ1v) is 36.9. The number of hydrogen-bond donors (Lipinski definition) is 0. The van der Waals surface area contributed by atoms with Gasteiger partial charge in [-0.1, -0.05) is 146 Å². The summed E-state index contributed by atoms with van der Waals surface area (Å²) in [6.45, 7) is 1.84. The Labute approximate surface area is 644 Å². The number of aromatic nitrogens is 8. The fourth-order valence-corrected chi connectivity index (χ4v) is 13.4. The van der Waals surface area contributed by atoms with Gasteiger partial charge in [-0.15, -0.1) is 40.8 Å². The maximum atomic E-state index is 7.03. The van der Waals surface area contributed by atoms with Crippen molar-refractivity contribution in [3.63, 3.8) is 0 Å². The lowest BCUT2D eigenvalue weighted by Crippen LogP contribution is -2.15. The molecule has 1 aliphatic carbocycles.